The molecule has 0 aromatic heterocycles. The molecule has 0 bridgehead atoms. The Balaban J connectivity index is 2.67. The van der Waals surface area contributed by atoms with Gasteiger partial charge in [-0.25, -0.2) is 4.79 Å². The van der Waals surface area contributed by atoms with Gasteiger partial charge in [0, 0.05) is 0 Å². The van der Waals surface area contributed by atoms with Crippen molar-refractivity contribution in [2.45, 2.75) is 33.2 Å². The normalized spacial score (nSPS) is 11.9. The second kappa shape index (κ2) is 6.16. The molecule has 0 aliphatic heterocycles. The van der Waals surface area contributed by atoms with Crippen LogP contribution in [0.5, 0.6) is 0 Å². The molecule has 0 spiro atoms. The summed E-state index contributed by atoms with van der Waals surface area (Å²) in [5, 5.41) is 2.84. The second-order valence-electron chi connectivity index (χ2n) is 3.74. The minimum atomic E-state index is -0.352. The molecule has 0 saturated carbocycles. The maximum Gasteiger partial charge on any atom is 0.407 e. The lowest BCUT2D eigenvalue weighted by molar-refractivity contribution is 0.147. The predicted molar refractivity (Wildman–Crippen MR) is 64.4 cm³/mol. The van der Waals surface area contributed by atoms with Crippen LogP contribution in [-0.2, 0) is 4.74 Å². The van der Waals surface area contributed by atoms with Gasteiger partial charge in [-0.1, -0.05) is 36.8 Å². The van der Waals surface area contributed by atoms with Crippen LogP contribution in [0.15, 0.2) is 24.3 Å². The van der Waals surface area contributed by atoms with Crippen molar-refractivity contribution in [2.24, 2.45) is 0 Å². The highest BCUT2D eigenvalue weighted by Crippen LogP contribution is 2.17. The molecule has 3 heteroatoms. The molecule has 88 valence electrons. The smallest absolute Gasteiger partial charge is 0.407 e. The number of amides is 1. The Hall–Kier alpha value is -1.51. The molecule has 1 aromatic carbocycles. The lowest BCUT2D eigenvalue weighted by atomic mass is 10.0. The van der Waals surface area contributed by atoms with Crippen LogP contribution >= 0.6 is 0 Å². The fraction of sp³-hybridized carbons (Fsp3) is 0.462. The zero-order valence-electron chi connectivity index (χ0n) is 10.1. The fourth-order valence-electron chi connectivity index (χ4n) is 1.53. The van der Waals surface area contributed by atoms with Crippen LogP contribution < -0.4 is 5.32 Å². The lowest BCUT2D eigenvalue weighted by Crippen LogP contribution is -2.28. The molecule has 1 unspecified atom stereocenters. The molecule has 0 radical (unpaired) electrons. The van der Waals surface area contributed by atoms with Gasteiger partial charge in [0.1, 0.15) is 0 Å². The van der Waals surface area contributed by atoms with Gasteiger partial charge in [-0.3, -0.25) is 0 Å². The van der Waals surface area contributed by atoms with Crippen molar-refractivity contribution in [3.63, 3.8) is 0 Å². The van der Waals surface area contributed by atoms with E-state index in [2.05, 4.69) is 5.32 Å². The third-order valence-corrected chi connectivity index (χ3v) is 2.46. The van der Waals surface area contributed by atoms with Crippen LogP contribution in [0.4, 0.5) is 4.79 Å². The first kappa shape index (κ1) is 12.6. The summed E-state index contributed by atoms with van der Waals surface area (Å²) in [6.07, 6.45) is 0.497. The van der Waals surface area contributed by atoms with Crippen LogP contribution in [0.25, 0.3) is 0 Å². The highest BCUT2D eigenvalue weighted by molar-refractivity contribution is 5.67. The van der Waals surface area contributed by atoms with E-state index in [4.69, 9.17) is 4.74 Å². The van der Waals surface area contributed by atoms with E-state index in [-0.39, 0.29) is 12.1 Å². The summed E-state index contributed by atoms with van der Waals surface area (Å²) < 4.78 is 4.87. The summed E-state index contributed by atoms with van der Waals surface area (Å²) in [6, 6.07) is 8.20. The monoisotopic (exact) mass is 221 g/mol. The third kappa shape index (κ3) is 3.57. The average Bonchev–Trinajstić information content (AvgIpc) is 2.27. The molecule has 1 atom stereocenters. The Morgan fingerprint density at radius 3 is 2.44 bits per heavy atom. The number of carbonyl (C=O) groups excluding carboxylic acids is 1. The van der Waals surface area contributed by atoms with Gasteiger partial charge in [-0.15, -0.1) is 0 Å². The number of rotatable bonds is 4. The standard InChI is InChI=1S/C13H19NO2/c1-4-12(14-13(15)16-5-2)11-8-6-10(3)7-9-11/h6-9,12H,4-5H2,1-3H3,(H,14,15). The molecular weight excluding hydrogens is 202 g/mol. The Bertz CT molecular complexity index is 332. The summed E-state index contributed by atoms with van der Waals surface area (Å²) in [5.41, 5.74) is 2.33. The molecule has 0 aliphatic carbocycles. The Morgan fingerprint density at radius 2 is 1.94 bits per heavy atom. The van der Waals surface area contributed by atoms with Gasteiger partial charge < -0.3 is 10.1 Å². The van der Waals surface area contributed by atoms with Crippen molar-refractivity contribution in [1.82, 2.24) is 5.32 Å². The van der Waals surface area contributed by atoms with Gasteiger partial charge >= 0.3 is 6.09 Å². The quantitative estimate of drug-likeness (QED) is 0.848. The van der Waals surface area contributed by atoms with E-state index in [0.29, 0.717) is 6.61 Å². The van der Waals surface area contributed by atoms with Crippen LogP contribution in [-0.4, -0.2) is 12.7 Å². The minimum absolute atomic E-state index is 0.0275. The van der Waals surface area contributed by atoms with E-state index < -0.39 is 0 Å². The van der Waals surface area contributed by atoms with Crippen molar-refractivity contribution < 1.29 is 9.53 Å². The number of ether oxygens (including phenoxy) is 1. The predicted octanol–water partition coefficient (Wildman–Crippen LogP) is 3.19. The summed E-state index contributed by atoms with van der Waals surface area (Å²) in [6.45, 7) is 6.28. The maximum absolute atomic E-state index is 11.3. The largest absolute Gasteiger partial charge is 0.450 e. The molecule has 0 saturated heterocycles. The molecule has 0 fully saturated rings. The van der Waals surface area contributed by atoms with E-state index in [1.54, 1.807) is 6.92 Å². The molecule has 3 nitrogen and oxygen atoms in total. The molecule has 1 aromatic rings. The topological polar surface area (TPSA) is 38.3 Å². The van der Waals surface area contributed by atoms with Gasteiger partial charge in [-0.05, 0) is 25.8 Å². The zero-order chi connectivity index (χ0) is 12.0. The van der Waals surface area contributed by atoms with Gasteiger partial charge in [0.25, 0.3) is 0 Å². The van der Waals surface area contributed by atoms with E-state index >= 15 is 0 Å². The van der Waals surface area contributed by atoms with Crippen molar-refractivity contribution in [1.29, 1.82) is 0 Å². The lowest BCUT2D eigenvalue weighted by Gasteiger charge is -2.17. The van der Waals surface area contributed by atoms with Crippen molar-refractivity contribution in [3.05, 3.63) is 35.4 Å². The molecular formula is C13H19NO2. The van der Waals surface area contributed by atoms with E-state index in [1.807, 2.05) is 38.1 Å². The van der Waals surface area contributed by atoms with Gasteiger partial charge in [-0.2, -0.15) is 0 Å². The van der Waals surface area contributed by atoms with Gasteiger partial charge in [0.2, 0.25) is 0 Å². The van der Waals surface area contributed by atoms with E-state index in [1.165, 1.54) is 5.56 Å². The Labute approximate surface area is 96.8 Å². The second-order valence-corrected chi connectivity index (χ2v) is 3.74. The first-order valence-electron chi connectivity index (χ1n) is 5.67. The Kier molecular flexibility index (Phi) is 4.83. The number of hydrogen-bond donors (Lipinski definition) is 1. The van der Waals surface area contributed by atoms with Crippen LogP contribution in [0.3, 0.4) is 0 Å². The SMILES string of the molecule is CCOC(=O)NC(CC)c1ccc(C)cc1. The zero-order valence-corrected chi connectivity index (χ0v) is 10.1. The number of hydrogen-bond acceptors (Lipinski definition) is 2. The summed E-state index contributed by atoms with van der Waals surface area (Å²) in [4.78, 5) is 11.3. The molecule has 0 heterocycles. The van der Waals surface area contributed by atoms with Crippen LogP contribution in [0, 0.1) is 6.92 Å². The molecule has 0 aliphatic rings. The number of alkyl carbamates (subject to hydrolysis) is 1. The highest BCUT2D eigenvalue weighted by Gasteiger charge is 2.12. The summed E-state index contributed by atoms with van der Waals surface area (Å²) >= 11 is 0. The van der Waals surface area contributed by atoms with Crippen molar-refractivity contribution in [2.75, 3.05) is 6.61 Å². The average molecular weight is 221 g/mol. The molecule has 1 N–H and O–H groups in total. The number of benzene rings is 1. The van der Waals surface area contributed by atoms with E-state index in [0.717, 1.165) is 12.0 Å². The first-order chi connectivity index (χ1) is 7.67. The van der Waals surface area contributed by atoms with Crippen LogP contribution in [0.2, 0.25) is 0 Å². The summed E-state index contributed by atoms with van der Waals surface area (Å²) in [5.74, 6) is 0. The third-order valence-electron chi connectivity index (χ3n) is 2.46. The number of nitrogens with one attached hydrogen (secondary N) is 1. The summed E-state index contributed by atoms with van der Waals surface area (Å²) in [7, 11) is 0. The van der Waals surface area contributed by atoms with Crippen molar-refractivity contribution in [3.8, 4) is 0 Å². The van der Waals surface area contributed by atoms with Crippen LogP contribution in [0.1, 0.15) is 37.4 Å². The van der Waals surface area contributed by atoms with Gasteiger partial charge in [0.05, 0.1) is 12.6 Å². The van der Waals surface area contributed by atoms with Crippen molar-refractivity contribution >= 4 is 6.09 Å². The maximum atomic E-state index is 11.3. The fourth-order valence-corrected chi connectivity index (χ4v) is 1.53. The highest BCUT2D eigenvalue weighted by atomic mass is 16.5. The molecule has 16 heavy (non-hydrogen) atoms. The number of carbonyl (C=O) groups is 1. The Morgan fingerprint density at radius 1 is 1.31 bits per heavy atom. The molecule has 1 amide bonds. The van der Waals surface area contributed by atoms with E-state index in [9.17, 15) is 4.79 Å². The van der Waals surface area contributed by atoms with Gasteiger partial charge in [0.15, 0.2) is 0 Å². The molecule has 1 rings (SSSR count). The first-order valence-corrected chi connectivity index (χ1v) is 5.67. The number of aryl methyl sites for hydroxylation is 1. The minimum Gasteiger partial charge on any atom is -0.450 e.